The van der Waals surface area contributed by atoms with Gasteiger partial charge in [-0.2, -0.15) is 0 Å². The van der Waals surface area contributed by atoms with Crippen molar-refractivity contribution in [1.82, 2.24) is 0 Å². The van der Waals surface area contributed by atoms with Crippen LogP contribution < -0.4 is 14.2 Å². The molecule has 10 nitrogen and oxygen atoms in total. The highest BCUT2D eigenvalue weighted by Crippen LogP contribution is 2.38. The van der Waals surface area contributed by atoms with E-state index in [1.54, 1.807) is 24.3 Å². The molecule has 1 unspecified atom stereocenters. The lowest BCUT2D eigenvalue weighted by Gasteiger charge is -2.17. The molecule has 0 saturated heterocycles. The van der Waals surface area contributed by atoms with E-state index in [0.29, 0.717) is 11.3 Å². The maximum absolute atomic E-state index is 12.5. The van der Waals surface area contributed by atoms with Crippen LogP contribution in [0.2, 0.25) is 0 Å². The number of carbonyl (C=O) groups excluding carboxylic acids is 2. The van der Waals surface area contributed by atoms with Gasteiger partial charge in [0, 0.05) is 0 Å². The molecule has 0 aliphatic heterocycles. The summed E-state index contributed by atoms with van der Waals surface area (Å²) in [5, 5.41) is 11.5. The average molecular weight is 405 g/mol. The lowest BCUT2D eigenvalue weighted by molar-refractivity contribution is -0.386. The molecule has 29 heavy (non-hydrogen) atoms. The van der Waals surface area contributed by atoms with Crippen LogP contribution in [0.25, 0.3) is 0 Å². The van der Waals surface area contributed by atoms with Gasteiger partial charge in [0.1, 0.15) is 12.4 Å². The molecular formula is C19H19NO9. The molecule has 2 aromatic rings. The Morgan fingerprint density at radius 1 is 1.07 bits per heavy atom. The van der Waals surface area contributed by atoms with Crippen LogP contribution in [0.1, 0.15) is 17.2 Å². The summed E-state index contributed by atoms with van der Waals surface area (Å²) in [5.74, 6) is -0.151. The second kappa shape index (κ2) is 9.93. The zero-order valence-corrected chi connectivity index (χ0v) is 15.9. The molecule has 0 bridgehead atoms. The smallest absolute Gasteiger partial charge is 0.352 e. The van der Waals surface area contributed by atoms with Crippen molar-refractivity contribution < 1.29 is 38.2 Å². The molecular weight excluding hydrogens is 386 g/mol. The van der Waals surface area contributed by atoms with E-state index in [2.05, 4.69) is 0 Å². The van der Waals surface area contributed by atoms with Crippen molar-refractivity contribution in [3.05, 3.63) is 57.6 Å². The second-order valence-electron chi connectivity index (χ2n) is 5.59. The van der Waals surface area contributed by atoms with Gasteiger partial charge in [-0.25, -0.2) is 4.79 Å². The molecule has 0 radical (unpaired) electrons. The second-order valence-corrected chi connectivity index (χ2v) is 5.59. The van der Waals surface area contributed by atoms with E-state index in [1.807, 2.05) is 0 Å². The summed E-state index contributed by atoms with van der Waals surface area (Å²) < 4.78 is 25.2. The van der Waals surface area contributed by atoms with Gasteiger partial charge in [0.2, 0.25) is 6.10 Å². The summed E-state index contributed by atoms with van der Waals surface area (Å²) in [6.45, 7) is -0.123. The number of ether oxygens (including phenoxy) is 5. The first-order chi connectivity index (χ1) is 13.9. The molecule has 0 saturated carbocycles. The number of carbonyl (C=O) groups is 2. The predicted molar refractivity (Wildman–Crippen MR) is 98.9 cm³/mol. The Bertz CT molecular complexity index is 880. The normalized spacial score (nSPS) is 11.1. The van der Waals surface area contributed by atoms with E-state index in [4.69, 9.17) is 23.7 Å². The standard InChI is InChI=1S/C19H19NO9/c1-25-13-6-4-12(5-7-13)10-28-19(22)18(29-11-21)14-8-16(26-2)17(27-3)9-15(14)20(23)24/h4-9,11,18H,10H2,1-3H3. The average Bonchev–Trinajstić information content (AvgIpc) is 2.75. The fraction of sp³-hybridized carbons (Fsp3) is 0.263. The maximum atomic E-state index is 12.5. The summed E-state index contributed by atoms with van der Waals surface area (Å²) >= 11 is 0. The number of nitrogens with zero attached hydrogens (tertiary/aromatic N) is 1. The number of methoxy groups -OCH3 is 3. The Kier molecular flexibility index (Phi) is 7.35. The van der Waals surface area contributed by atoms with Crippen LogP contribution in [0, 0.1) is 10.1 Å². The van der Waals surface area contributed by atoms with Gasteiger partial charge in [-0.3, -0.25) is 14.9 Å². The number of rotatable bonds is 10. The lowest BCUT2D eigenvalue weighted by Crippen LogP contribution is -2.20. The first-order valence-electron chi connectivity index (χ1n) is 8.24. The van der Waals surface area contributed by atoms with Crippen LogP contribution in [-0.2, 0) is 25.7 Å². The predicted octanol–water partition coefficient (Wildman–Crippen LogP) is 2.58. The Morgan fingerprint density at radius 2 is 1.69 bits per heavy atom. The number of benzene rings is 2. The molecule has 0 heterocycles. The molecule has 10 heteroatoms. The number of esters is 1. The van der Waals surface area contributed by atoms with Gasteiger partial charge < -0.3 is 23.7 Å². The number of hydrogen-bond donors (Lipinski definition) is 0. The minimum absolute atomic E-state index is 0.0136. The van der Waals surface area contributed by atoms with Crippen molar-refractivity contribution in [1.29, 1.82) is 0 Å². The number of hydrogen-bond acceptors (Lipinski definition) is 9. The van der Waals surface area contributed by atoms with Gasteiger partial charge in [-0.15, -0.1) is 0 Å². The molecule has 0 amide bonds. The van der Waals surface area contributed by atoms with Gasteiger partial charge in [-0.05, 0) is 23.8 Å². The molecule has 1 atom stereocenters. The molecule has 154 valence electrons. The zero-order valence-electron chi connectivity index (χ0n) is 15.9. The van der Waals surface area contributed by atoms with Gasteiger partial charge in [0.25, 0.3) is 12.2 Å². The topological polar surface area (TPSA) is 123 Å². The lowest BCUT2D eigenvalue weighted by atomic mass is 10.1. The van der Waals surface area contributed by atoms with Gasteiger partial charge in [0.05, 0.1) is 37.9 Å². The van der Waals surface area contributed by atoms with Crippen LogP contribution in [0.5, 0.6) is 17.2 Å². The fourth-order valence-electron chi connectivity index (χ4n) is 2.52. The largest absolute Gasteiger partial charge is 0.497 e. The Labute approximate surface area is 166 Å². The monoisotopic (exact) mass is 405 g/mol. The van der Waals surface area contributed by atoms with E-state index >= 15 is 0 Å². The minimum atomic E-state index is -1.66. The molecule has 2 rings (SSSR count). The maximum Gasteiger partial charge on any atom is 0.352 e. The third kappa shape index (κ3) is 5.12. The van der Waals surface area contributed by atoms with E-state index in [-0.39, 0.29) is 30.1 Å². The highest BCUT2D eigenvalue weighted by molar-refractivity contribution is 5.80. The van der Waals surface area contributed by atoms with Crippen molar-refractivity contribution in [3.8, 4) is 17.2 Å². The molecule has 0 aliphatic carbocycles. The third-order valence-corrected chi connectivity index (χ3v) is 3.96. The van der Waals surface area contributed by atoms with Crippen molar-refractivity contribution in [2.75, 3.05) is 21.3 Å². The first kappa shape index (κ1) is 21.5. The van der Waals surface area contributed by atoms with Crippen molar-refractivity contribution in [2.45, 2.75) is 12.7 Å². The van der Waals surface area contributed by atoms with Crippen molar-refractivity contribution in [3.63, 3.8) is 0 Å². The van der Waals surface area contributed by atoms with E-state index in [9.17, 15) is 19.7 Å². The highest BCUT2D eigenvalue weighted by Gasteiger charge is 2.33. The van der Waals surface area contributed by atoms with Crippen LogP contribution in [0.15, 0.2) is 36.4 Å². The summed E-state index contributed by atoms with van der Waals surface area (Å²) in [4.78, 5) is 34.2. The highest BCUT2D eigenvalue weighted by atomic mass is 16.6. The molecule has 2 aromatic carbocycles. The third-order valence-electron chi connectivity index (χ3n) is 3.96. The van der Waals surface area contributed by atoms with Crippen LogP contribution in [0.4, 0.5) is 5.69 Å². The van der Waals surface area contributed by atoms with Crippen LogP contribution in [-0.4, -0.2) is 38.7 Å². The molecule has 0 aromatic heterocycles. The van der Waals surface area contributed by atoms with Gasteiger partial charge >= 0.3 is 5.97 Å². The summed E-state index contributed by atoms with van der Waals surface area (Å²) in [6, 6.07) is 9.00. The van der Waals surface area contributed by atoms with Crippen molar-refractivity contribution >= 4 is 18.1 Å². The van der Waals surface area contributed by atoms with E-state index in [1.165, 1.54) is 27.4 Å². The minimum Gasteiger partial charge on any atom is -0.497 e. The number of nitro groups is 1. The van der Waals surface area contributed by atoms with Crippen molar-refractivity contribution in [2.24, 2.45) is 0 Å². The van der Waals surface area contributed by atoms with E-state index in [0.717, 1.165) is 6.07 Å². The van der Waals surface area contributed by atoms with Gasteiger partial charge in [-0.1, -0.05) is 12.1 Å². The Hall–Kier alpha value is -3.82. The molecule has 0 aliphatic rings. The quantitative estimate of drug-likeness (QED) is 0.254. The number of nitro benzene ring substituents is 1. The summed E-state index contributed by atoms with van der Waals surface area (Å²) in [5.41, 5.74) is -0.0545. The summed E-state index contributed by atoms with van der Waals surface area (Å²) in [7, 11) is 4.15. The van der Waals surface area contributed by atoms with Crippen LogP contribution >= 0.6 is 0 Å². The fourth-order valence-corrected chi connectivity index (χ4v) is 2.52. The Morgan fingerprint density at radius 3 is 2.21 bits per heavy atom. The van der Waals surface area contributed by atoms with Gasteiger partial charge in [0.15, 0.2) is 11.5 Å². The van der Waals surface area contributed by atoms with E-state index < -0.39 is 22.7 Å². The van der Waals surface area contributed by atoms with Crippen LogP contribution in [0.3, 0.4) is 0 Å². The summed E-state index contributed by atoms with van der Waals surface area (Å²) in [6.07, 6.45) is -1.66. The first-order valence-corrected chi connectivity index (χ1v) is 8.24. The molecule has 0 spiro atoms. The zero-order chi connectivity index (χ0) is 21.4. The SMILES string of the molecule is COc1ccc(COC(=O)C(OC=O)c2cc(OC)c(OC)cc2[N+](=O)[O-])cc1. The molecule has 0 fully saturated rings. The molecule has 0 N–H and O–H groups in total. The Balaban J connectivity index is 2.32.